The highest BCUT2D eigenvalue weighted by Crippen LogP contribution is 2.34. The van der Waals surface area contributed by atoms with Crippen LogP contribution in [0.3, 0.4) is 0 Å². The van der Waals surface area contributed by atoms with E-state index >= 15 is 0 Å². The Hall–Kier alpha value is -3.40. The highest BCUT2D eigenvalue weighted by atomic mass is 16.2. The third kappa shape index (κ3) is 3.18. The summed E-state index contributed by atoms with van der Waals surface area (Å²) < 4.78 is 0. The van der Waals surface area contributed by atoms with Gasteiger partial charge in [-0.25, -0.2) is 4.79 Å². The maximum absolute atomic E-state index is 13.6. The second kappa shape index (κ2) is 7.31. The SMILES string of the molecule is Cc1ccccc1CN1C(=O)N[C@](Cc2ccccc2)(c2ccccc2)C1=O. The van der Waals surface area contributed by atoms with Gasteiger partial charge in [-0.05, 0) is 29.2 Å². The molecule has 4 heteroatoms. The number of rotatable bonds is 5. The Kier molecular flexibility index (Phi) is 4.70. The van der Waals surface area contributed by atoms with Crippen molar-refractivity contribution >= 4 is 11.9 Å². The number of carbonyl (C=O) groups is 2. The summed E-state index contributed by atoms with van der Waals surface area (Å²) in [4.78, 5) is 27.8. The fraction of sp³-hybridized carbons (Fsp3) is 0.167. The molecule has 140 valence electrons. The van der Waals surface area contributed by atoms with Gasteiger partial charge in [-0.1, -0.05) is 84.9 Å². The van der Waals surface area contributed by atoms with E-state index in [0.29, 0.717) is 6.42 Å². The summed E-state index contributed by atoms with van der Waals surface area (Å²) >= 11 is 0. The van der Waals surface area contributed by atoms with Gasteiger partial charge in [0.25, 0.3) is 5.91 Å². The van der Waals surface area contributed by atoms with Crippen LogP contribution in [0.4, 0.5) is 4.79 Å². The van der Waals surface area contributed by atoms with Crippen molar-refractivity contribution in [2.24, 2.45) is 0 Å². The van der Waals surface area contributed by atoms with Crippen molar-refractivity contribution in [3.05, 3.63) is 107 Å². The lowest BCUT2D eigenvalue weighted by molar-refractivity contribution is -0.132. The van der Waals surface area contributed by atoms with E-state index in [2.05, 4.69) is 5.32 Å². The normalized spacial score (nSPS) is 19.0. The van der Waals surface area contributed by atoms with Crippen molar-refractivity contribution in [2.75, 3.05) is 0 Å². The molecule has 1 N–H and O–H groups in total. The number of imide groups is 1. The second-order valence-corrected chi connectivity index (χ2v) is 7.18. The van der Waals surface area contributed by atoms with Crippen LogP contribution < -0.4 is 5.32 Å². The summed E-state index contributed by atoms with van der Waals surface area (Å²) in [7, 11) is 0. The van der Waals surface area contributed by atoms with Gasteiger partial charge in [-0.15, -0.1) is 0 Å². The maximum atomic E-state index is 13.6. The molecule has 1 atom stereocenters. The summed E-state index contributed by atoms with van der Waals surface area (Å²) in [6, 6.07) is 26.8. The predicted molar refractivity (Wildman–Crippen MR) is 109 cm³/mol. The lowest BCUT2D eigenvalue weighted by Crippen LogP contribution is -2.46. The first-order valence-corrected chi connectivity index (χ1v) is 9.38. The molecular formula is C24H22N2O2. The lowest BCUT2D eigenvalue weighted by Gasteiger charge is -2.27. The van der Waals surface area contributed by atoms with Crippen molar-refractivity contribution in [3.8, 4) is 0 Å². The third-order valence-corrected chi connectivity index (χ3v) is 5.34. The zero-order chi connectivity index (χ0) is 19.6. The topological polar surface area (TPSA) is 49.4 Å². The number of hydrogen-bond donors (Lipinski definition) is 1. The zero-order valence-electron chi connectivity index (χ0n) is 15.8. The molecular weight excluding hydrogens is 348 g/mol. The first kappa shape index (κ1) is 18.0. The smallest absolute Gasteiger partial charge is 0.319 e. The van der Waals surface area contributed by atoms with Gasteiger partial charge in [0.05, 0.1) is 6.54 Å². The Balaban J connectivity index is 1.73. The van der Waals surface area contributed by atoms with E-state index in [0.717, 1.165) is 22.3 Å². The summed E-state index contributed by atoms with van der Waals surface area (Å²) in [5.41, 5.74) is 2.72. The molecule has 0 radical (unpaired) electrons. The largest absolute Gasteiger partial charge is 0.325 e. The minimum atomic E-state index is -1.09. The summed E-state index contributed by atoms with van der Waals surface area (Å²) in [5, 5.41) is 3.01. The van der Waals surface area contributed by atoms with Crippen LogP contribution in [0.25, 0.3) is 0 Å². The summed E-state index contributed by atoms with van der Waals surface area (Å²) in [6.07, 6.45) is 0.409. The molecule has 0 saturated carbocycles. The number of nitrogens with zero attached hydrogens (tertiary/aromatic N) is 1. The van der Waals surface area contributed by atoms with E-state index < -0.39 is 5.54 Å². The molecule has 3 aromatic carbocycles. The summed E-state index contributed by atoms with van der Waals surface area (Å²) in [6.45, 7) is 2.25. The van der Waals surface area contributed by atoms with Crippen LogP contribution in [0.5, 0.6) is 0 Å². The zero-order valence-corrected chi connectivity index (χ0v) is 15.8. The molecule has 1 fully saturated rings. The van der Waals surface area contributed by atoms with Crippen molar-refractivity contribution in [1.82, 2.24) is 10.2 Å². The molecule has 0 aromatic heterocycles. The van der Waals surface area contributed by atoms with Gasteiger partial charge < -0.3 is 5.32 Å². The fourth-order valence-corrected chi connectivity index (χ4v) is 3.77. The molecule has 1 aliphatic rings. The molecule has 1 heterocycles. The van der Waals surface area contributed by atoms with Gasteiger partial charge in [0.15, 0.2) is 5.54 Å². The quantitative estimate of drug-likeness (QED) is 0.685. The van der Waals surface area contributed by atoms with Crippen molar-refractivity contribution < 1.29 is 9.59 Å². The van der Waals surface area contributed by atoms with E-state index in [9.17, 15) is 9.59 Å². The number of carbonyl (C=O) groups excluding carboxylic acids is 2. The third-order valence-electron chi connectivity index (χ3n) is 5.34. The number of amides is 3. The number of benzene rings is 3. The van der Waals surface area contributed by atoms with Crippen molar-refractivity contribution in [1.29, 1.82) is 0 Å². The molecule has 3 aromatic rings. The number of hydrogen-bond acceptors (Lipinski definition) is 2. The van der Waals surface area contributed by atoms with Crippen LogP contribution in [-0.2, 0) is 23.3 Å². The second-order valence-electron chi connectivity index (χ2n) is 7.18. The molecule has 0 spiro atoms. The first-order valence-electron chi connectivity index (χ1n) is 9.38. The van der Waals surface area contributed by atoms with Gasteiger partial charge in [-0.2, -0.15) is 0 Å². The van der Waals surface area contributed by atoms with E-state index in [-0.39, 0.29) is 18.5 Å². The molecule has 0 unspecified atom stereocenters. The van der Waals surface area contributed by atoms with Gasteiger partial charge in [0, 0.05) is 6.42 Å². The highest BCUT2D eigenvalue weighted by Gasteiger charge is 2.52. The average Bonchev–Trinajstić information content (AvgIpc) is 2.96. The Morgan fingerprint density at radius 1 is 0.821 bits per heavy atom. The number of aryl methyl sites for hydroxylation is 1. The monoisotopic (exact) mass is 370 g/mol. The van der Waals surface area contributed by atoms with Crippen LogP contribution in [0.1, 0.15) is 22.3 Å². The van der Waals surface area contributed by atoms with Crippen molar-refractivity contribution in [2.45, 2.75) is 25.4 Å². The Morgan fingerprint density at radius 3 is 2.11 bits per heavy atom. The molecule has 0 aliphatic carbocycles. The minimum Gasteiger partial charge on any atom is -0.319 e. The van der Waals surface area contributed by atoms with Crippen LogP contribution in [0, 0.1) is 6.92 Å². The number of nitrogens with one attached hydrogen (secondary N) is 1. The fourth-order valence-electron chi connectivity index (χ4n) is 3.77. The summed E-state index contributed by atoms with van der Waals surface area (Å²) in [5.74, 6) is -0.212. The van der Waals surface area contributed by atoms with Gasteiger partial charge in [-0.3, -0.25) is 9.69 Å². The van der Waals surface area contributed by atoms with E-state index in [1.165, 1.54) is 4.90 Å². The predicted octanol–water partition coefficient (Wildman–Crippen LogP) is 4.19. The average molecular weight is 370 g/mol. The van der Waals surface area contributed by atoms with Gasteiger partial charge in [0.2, 0.25) is 0 Å². The van der Waals surface area contributed by atoms with Crippen LogP contribution >= 0.6 is 0 Å². The van der Waals surface area contributed by atoms with E-state index in [1.807, 2.05) is 91.9 Å². The van der Waals surface area contributed by atoms with Gasteiger partial charge in [0.1, 0.15) is 0 Å². The molecule has 4 nitrogen and oxygen atoms in total. The van der Waals surface area contributed by atoms with E-state index in [4.69, 9.17) is 0 Å². The maximum Gasteiger partial charge on any atom is 0.325 e. The Labute approximate surface area is 164 Å². The standard InChI is InChI=1S/C24H22N2O2/c1-18-10-8-9-13-20(18)17-26-22(27)24(25-23(26)28,21-14-6-3-7-15-21)16-19-11-4-2-5-12-19/h2-15H,16-17H2,1H3,(H,25,28)/t24-/m1/s1. The van der Waals surface area contributed by atoms with E-state index in [1.54, 1.807) is 0 Å². The molecule has 1 aliphatic heterocycles. The van der Waals surface area contributed by atoms with Crippen LogP contribution in [0.2, 0.25) is 0 Å². The molecule has 0 bridgehead atoms. The van der Waals surface area contributed by atoms with Crippen molar-refractivity contribution in [3.63, 3.8) is 0 Å². The number of urea groups is 1. The molecule has 4 rings (SSSR count). The molecule has 1 saturated heterocycles. The Morgan fingerprint density at radius 2 is 1.43 bits per heavy atom. The molecule has 28 heavy (non-hydrogen) atoms. The minimum absolute atomic E-state index is 0.212. The lowest BCUT2D eigenvalue weighted by atomic mass is 9.83. The van der Waals surface area contributed by atoms with Crippen LogP contribution in [0.15, 0.2) is 84.9 Å². The van der Waals surface area contributed by atoms with Gasteiger partial charge >= 0.3 is 6.03 Å². The highest BCUT2D eigenvalue weighted by molar-refractivity contribution is 6.07. The van der Waals surface area contributed by atoms with Crippen LogP contribution in [-0.4, -0.2) is 16.8 Å². The molecule has 3 amide bonds. The Bertz CT molecular complexity index is 1000. The first-order chi connectivity index (χ1) is 13.6.